The van der Waals surface area contributed by atoms with Crippen LogP contribution in [0.4, 0.5) is 0 Å². The number of aryl methyl sites for hydroxylation is 1. The molecular formula is C11H20N2OS. The Morgan fingerprint density at radius 1 is 1.53 bits per heavy atom. The molecule has 0 bridgehead atoms. The minimum absolute atomic E-state index is 0.521. The molecule has 0 fully saturated rings. The summed E-state index contributed by atoms with van der Waals surface area (Å²) in [6, 6.07) is 0.521. The number of thioether (sulfide) groups is 1. The summed E-state index contributed by atoms with van der Waals surface area (Å²) in [5.74, 6) is 1.64. The van der Waals surface area contributed by atoms with Crippen LogP contribution >= 0.6 is 11.8 Å². The minimum Gasteiger partial charge on any atom is -0.440 e. The monoisotopic (exact) mass is 228 g/mol. The van der Waals surface area contributed by atoms with E-state index < -0.39 is 0 Å². The van der Waals surface area contributed by atoms with E-state index in [1.54, 1.807) is 18.0 Å². The third-order valence-electron chi connectivity index (χ3n) is 2.26. The summed E-state index contributed by atoms with van der Waals surface area (Å²) in [7, 11) is 0. The van der Waals surface area contributed by atoms with Gasteiger partial charge in [0.1, 0.15) is 6.26 Å². The summed E-state index contributed by atoms with van der Waals surface area (Å²) >= 11 is 1.68. The zero-order valence-electron chi connectivity index (χ0n) is 9.91. The van der Waals surface area contributed by atoms with Crippen molar-refractivity contribution in [3.63, 3.8) is 0 Å². The van der Waals surface area contributed by atoms with Crippen molar-refractivity contribution >= 4 is 11.8 Å². The van der Waals surface area contributed by atoms with Crippen molar-refractivity contribution in [2.75, 3.05) is 12.3 Å². The number of nitrogens with zero attached hydrogens (tertiary/aromatic N) is 1. The van der Waals surface area contributed by atoms with E-state index in [9.17, 15) is 0 Å². The Labute approximate surface area is 96.0 Å². The van der Waals surface area contributed by atoms with E-state index in [1.807, 2.05) is 6.92 Å². The predicted octanol–water partition coefficient (Wildman–Crippen LogP) is 2.71. The Kier molecular flexibility index (Phi) is 5.19. The van der Waals surface area contributed by atoms with E-state index in [2.05, 4.69) is 31.1 Å². The van der Waals surface area contributed by atoms with Gasteiger partial charge in [-0.1, -0.05) is 32.5 Å². The number of hydrogen-bond acceptors (Lipinski definition) is 4. The van der Waals surface area contributed by atoms with Crippen LogP contribution in [-0.4, -0.2) is 23.3 Å². The third kappa shape index (κ3) is 4.26. The molecule has 1 unspecified atom stereocenters. The lowest BCUT2D eigenvalue weighted by Crippen LogP contribution is -2.35. The Bertz CT molecular complexity index is 286. The molecule has 1 rings (SSSR count). The number of hydrogen-bond donors (Lipinski definition) is 1. The molecule has 3 nitrogen and oxygen atoms in total. The van der Waals surface area contributed by atoms with Crippen LogP contribution < -0.4 is 5.32 Å². The van der Waals surface area contributed by atoms with Crippen molar-refractivity contribution in [3.8, 4) is 0 Å². The molecule has 0 aliphatic rings. The first-order chi connectivity index (χ1) is 7.13. The molecule has 0 radical (unpaired) electrons. The van der Waals surface area contributed by atoms with Crippen molar-refractivity contribution in [1.29, 1.82) is 0 Å². The maximum Gasteiger partial charge on any atom is 0.255 e. The topological polar surface area (TPSA) is 38.1 Å². The molecule has 0 aromatic carbocycles. The van der Waals surface area contributed by atoms with Crippen LogP contribution in [0.25, 0.3) is 0 Å². The van der Waals surface area contributed by atoms with Gasteiger partial charge in [-0.25, -0.2) is 4.98 Å². The molecule has 86 valence electrons. The maximum absolute atomic E-state index is 5.30. The van der Waals surface area contributed by atoms with Gasteiger partial charge in [-0.2, -0.15) is 0 Å². The summed E-state index contributed by atoms with van der Waals surface area (Å²) < 4.78 is 5.30. The quantitative estimate of drug-likeness (QED) is 0.760. The molecule has 0 aliphatic heterocycles. The van der Waals surface area contributed by atoms with Crippen LogP contribution in [0.5, 0.6) is 0 Å². The fraction of sp³-hybridized carbons (Fsp3) is 0.727. The van der Waals surface area contributed by atoms with E-state index in [0.717, 1.165) is 23.2 Å². The first kappa shape index (κ1) is 12.6. The first-order valence-electron chi connectivity index (χ1n) is 5.41. The van der Waals surface area contributed by atoms with Crippen molar-refractivity contribution in [3.05, 3.63) is 12.0 Å². The van der Waals surface area contributed by atoms with Gasteiger partial charge >= 0.3 is 0 Å². The predicted molar refractivity (Wildman–Crippen MR) is 64.3 cm³/mol. The average molecular weight is 228 g/mol. The summed E-state index contributed by atoms with van der Waals surface area (Å²) in [4.78, 5) is 4.27. The van der Waals surface area contributed by atoms with Gasteiger partial charge in [0.2, 0.25) is 0 Å². The smallest absolute Gasteiger partial charge is 0.255 e. The molecular weight excluding hydrogens is 208 g/mol. The Morgan fingerprint density at radius 2 is 2.27 bits per heavy atom. The fourth-order valence-corrected chi connectivity index (χ4v) is 2.46. The molecule has 1 aromatic heterocycles. The fourth-order valence-electron chi connectivity index (χ4n) is 1.31. The highest BCUT2D eigenvalue weighted by atomic mass is 32.2. The molecule has 0 aliphatic carbocycles. The van der Waals surface area contributed by atoms with Crippen molar-refractivity contribution in [1.82, 2.24) is 10.3 Å². The third-order valence-corrected chi connectivity index (χ3v) is 3.22. The Balaban J connectivity index is 2.39. The van der Waals surface area contributed by atoms with Gasteiger partial charge in [-0.05, 0) is 19.4 Å². The lowest BCUT2D eigenvalue weighted by molar-refractivity contribution is 0.434. The molecule has 1 N–H and O–H groups in total. The largest absolute Gasteiger partial charge is 0.440 e. The lowest BCUT2D eigenvalue weighted by Gasteiger charge is -2.20. The van der Waals surface area contributed by atoms with Gasteiger partial charge in [0.15, 0.2) is 0 Å². The maximum atomic E-state index is 5.30. The molecule has 0 spiro atoms. The SMILES string of the molecule is CCNC(CSc1nc(C)co1)C(C)C. The lowest BCUT2D eigenvalue weighted by atomic mass is 10.1. The van der Waals surface area contributed by atoms with E-state index in [0.29, 0.717) is 12.0 Å². The molecule has 15 heavy (non-hydrogen) atoms. The van der Waals surface area contributed by atoms with Gasteiger partial charge < -0.3 is 9.73 Å². The van der Waals surface area contributed by atoms with E-state index in [-0.39, 0.29) is 0 Å². The molecule has 1 atom stereocenters. The van der Waals surface area contributed by atoms with Crippen LogP contribution in [0, 0.1) is 12.8 Å². The van der Waals surface area contributed by atoms with Gasteiger partial charge in [0.05, 0.1) is 5.69 Å². The Morgan fingerprint density at radius 3 is 2.73 bits per heavy atom. The molecule has 0 amide bonds. The molecule has 1 heterocycles. The van der Waals surface area contributed by atoms with Gasteiger partial charge in [0.25, 0.3) is 5.22 Å². The zero-order chi connectivity index (χ0) is 11.3. The number of oxazole rings is 1. The second kappa shape index (κ2) is 6.18. The van der Waals surface area contributed by atoms with E-state index >= 15 is 0 Å². The molecule has 0 saturated heterocycles. The van der Waals surface area contributed by atoms with Gasteiger partial charge in [-0.3, -0.25) is 0 Å². The number of nitrogens with one attached hydrogen (secondary N) is 1. The average Bonchev–Trinajstić information content (AvgIpc) is 2.58. The zero-order valence-corrected chi connectivity index (χ0v) is 10.7. The highest BCUT2D eigenvalue weighted by Crippen LogP contribution is 2.19. The van der Waals surface area contributed by atoms with Crippen LogP contribution in [0.2, 0.25) is 0 Å². The second-order valence-corrected chi connectivity index (χ2v) is 4.95. The summed E-state index contributed by atoms with van der Waals surface area (Å²) in [6.07, 6.45) is 1.69. The van der Waals surface area contributed by atoms with Crippen molar-refractivity contribution in [2.24, 2.45) is 5.92 Å². The van der Waals surface area contributed by atoms with Crippen LogP contribution in [0.3, 0.4) is 0 Å². The van der Waals surface area contributed by atoms with E-state index in [4.69, 9.17) is 4.42 Å². The second-order valence-electron chi connectivity index (χ2n) is 3.97. The van der Waals surface area contributed by atoms with Crippen LogP contribution in [-0.2, 0) is 0 Å². The Hall–Kier alpha value is -0.480. The van der Waals surface area contributed by atoms with Gasteiger partial charge in [-0.15, -0.1) is 0 Å². The summed E-state index contributed by atoms with van der Waals surface area (Å²) in [6.45, 7) is 9.55. The van der Waals surface area contributed by atoms with Crippen LogP contribution in [0.15, 0.2) is 15.9 Å². The van der Waals surface area contributed by atoms with Crippen LogP contribution in [0.1, 0.15) is 26.5 Å². The molecule has 4 heteroatoms. The van der Waals surface area contributed by atoms with Crippen molar-refractivity contribution in [2.45, 2.75) is 39.0 Å². The molecule has 0 saturated carbocycles. The summed E-state index contributed by atoms with van der Waals surface area (Å²) in [5.41, 5.74) is 0.946. The molecule has 1 aromatic rings. The van der Waals surface area contributed by atoms with Gasteiger partial charge in [0, 0.05) is 11.8 Å². The van der Waals surface area contributed by atoms with Crippen molar-refractivity contribution < 1.29 is 4.42 Å². The van der Waals surface area contributed by atoms with E-state index in [1.165, 1.54) is 0 Å². The normalized spacial score (nSPS) is 13.4. The first-order valence-corrected chi connectivity index (χ1v) is 6.40. The summed E-state index contributed by atoms with van der Waals surface area (Å²) in [5, 5.41) is 4.24. The minimum atomic E-state index is 0.521. The standard InChI is InChI=1S/C11H20N2OS/c1-5-12-10(8(2)3)7-15-11-13-9(4)6-14-11/h6,8,10,12H,5,7H2,1-4H3. The highest BCUT2D eigenvalue weighted by molar-refractivity contribution is 7.99. The highest BCUT2D eigenvalue weighted by Gasteiger charge is 2.13. The number of aromatic nitrogens is 1. The number of rotatable bonds is 6.